The lowest BCUT2D eigenvalue weighted by molar-refractivity contribution is 0.259. The number of hydrogen-bond donors (Lipinski definition) is 1. The Kier molecular flexibility index (Phi) is 3.19. The summed E-state index contributed by atoms with van der Waals surface area (Å²) in [7, 11) is 0. The molecular weight excluding hydrogens is 228 g/mol. The lowest BCUT2D eigenvalue weighted by atomic mass is 10.0. The van der Waals surface area contributed by atoms with Gasteiger partial charge in [-0.05, 0) is 37.8 Å². The van der Waals surface area contributed by atoms with E-state index < -0.39 is 0 Å². The van der Waals surface area contributed by atoms with Gasteiger partial charge in [-0.3, -0.25) is 0 Å². The molecule has 1 N–H and O–H groups in total. The van der Waals surface area contributed by atoms with Crippen LogP contribution < -0.4 is 4.90 Å². The largest absolute Gasteiger partial charge is 0.423 e. The van der Waals surface area contributed by atoms with Gasteiger partial charge in [0.05, 0.1) is 0 Å². The predicted molar refractivity (Wildman–Crippen MR) is 70.7 cm³/mol. The number of oxazole rings is 1. The number of anilines is 1. The second-order valence-electron chi connectivity index (χ2n) is 4.82. The SMILES string of the molecule is OCCC1CCCCN1c1nc2ccccc2o1. The molecule has 0 amide bonds. The number of nitrogens with zero attached hydrogens (tertiary/aromatic N) is 2. The van der Waals surface area contributed by atoms with Crippen LogP contribution in [0.15, 0.2) is 28.7 Å². The topological polar surface area (TPSA) is 49.5 Å². The summed E-state index contributed by atoms with van der Waals surface area (Å²) in [4.78, 5) is 6.75. The van der Waals surface area contributed by atoms with Crippen LogP contribution in [-0.4, -0.2) is 29.3 Å². The molecule has 1 aliphatic rings. The summed E-state index contributed by atoms with van der Waals surface area (Å²) >= 11 is 0. The quantitative estimate of drug-likeness (QED) is 0.904. The van der Waals surface area contributed by atoms with E-state index in [4.69, 9.17) is 9.52 Å². The predicted octanol–water partition coefficient (Wildman–Crippen LogP) is 2.57. The maximum atomic E-state index is 9.15. The van der Waals surface area contributed by atoms with Gasteiger partial charge in [0.1, 0.15) is 5.52 Å². The van der Waals surface area contributed by atoms with Gasteiger partial charge in [-0.1, -0.05) is 12.1 Å². The smallest absolute Gasteiger partial charge is 0.298 e. The minimum Gasteiger partial charge on any atom is -0.423 e. The van der Waals surface area contributed by atoms with Gasteiger partial charge in [0.2, 0.25) is 0 Å². The number of benzene rings is 1. The van der Waals surface area contributed by atoms with E-state index in [-0.39, 0.29) is 6.61 Å². The van der Waals surface area contributed by atoms with Crippen LogP contribution in [0.1, 0.15) is 25.7 Å². The van der Waals surface area contributed by atoms with Crippen molar-refractivity contribution in [2.24, 2.45) is 0 Å². The van der Waals surface area contributed by atoms with Crippen molar-refractivity contribution in [3.05, 3.63) is 24.3 Å². The Morgan fingerprint density at radius 2 is 2.22 bits per heavy atom. The molecule has 2 heterocycles. The van der Waals surface area contributed by atoms with E-state index >= 15 is 0 Å². The molecular formula is C14H18N2O2. The highest BCUT2D eigenvalue weighted by Crippen LogP contribution is 2.28. The van der Waals surface area contributed by atoms with Crippen molar-refractivity contribution in [1.29, 1.82) is 0 Å². The summed E-state index contributed by atoms with van der Waals surface area (Å²) in [6.07, 6.45) is 4.29. The molecule has 18 heavy (non-hydrogen) atoms. The van der Waals surface area contributed by atoms with Gasteiger partial charge in [-0.15, -0.1) is 0 Å². The average molecular weight is 246 g/mol. The van der Waals surface area contributed by atoms with E-state index in [9.17, 15) is 0 Å². The second kappa shape index (κ2) is 4.98. The number of hydrogen-bond acceptors (Lipinski definition) is 4. The third-order valence-corrected chi connectivity index (χ3v) is 3.62. The fraction of sp³-hybridized carbons (Fsp3) is 0.500. The van der Waals surface area contributed by atoms with Gasteiger partial charge in [0, 0.05) is 19.2 Å². The van der Waals surface area contributed by atoms with E-state index in [1.807, 2.05) is 24.3 Å². The molecule has 1 aliphatic heterocycles. The highest BCUT2D eigenvalue weighted by Gasteiger charge is 2.25. The molecule has 4 heteroatoms. The summed E-state index contributed by atoms with van der Waals surface area (Å²) in [5, 5.41) is 9.15. The van der Waals surface area contributed by atoms with Crippen molar-refractivity contribution in [3.63, 3.8) is 0 Å². The highest BCUT2D eigenvalue weighted by atomic mass is 16.4. The van der Waals surface area contributed by atoms with Crippen molar-refractivity contribution in [3.8, 4) is 0 Å². The number of para-hydroxylation sites is 2. The normalized spacial score (nSPS) is 20.5. The molecule has 1 aromatic heterocycles. The van der Waals surface area contributed by atoms with Gasteiger partial charge >= 0.3 is 0 Å². The van der Waals surface area contributed by atoms with Gasteiger partial charge in [0.25, 0.3) is 6.01 Å². The Hall–Kier alpha value is -1.55. The van der Waals surface area contributed by atoms with Crippen molar-refractivity contribution < 1.29 is 9.52 Å². The highest BCUT2D eigenvalue weighted by molar-refractivity contribution is 5.74. The molecule has 96 valence electrons. The summed E-state index contributed by atoms with van der Waals surface area (Å²) in [6.45, 7) is 1.19. The molecule has 0 radical (unpaired) electrons. The third-order valence-electron chi connectivity index (χ3n) is 3.62. The molecule has 1 saturated heterocycles. The minimum atomic E-state index is 0.224. The fourth-order valence-corrected chi connectivity index (χ4v) is 2.68. The number of aliphatic hydroxyl groups is 1. The van der Waals surface area contributed by atoms with Crippen LogP contribution in [0.2, 0.25) is 0 Å². The first-order valence-corrected chi connectivity index (χ1v) is 6.61. The summed E-state index contributed by atoms with van der Waals surface area (Å²) in [5.74, 6) is 0. The first-order chi connectivity index (χ1) is 8.88. The lowest BCUT2D eigenvalue weighted by Crippen LogP contribution is -2.40. The lowest BCUT2D eigenvalue weighted by Gasteiger charge is -2.34. The van der Waals surface area contributed by atoms with Crippen LogP contribution in [0.4, 0.5) is 6.01 Å². The maximum Gasteiger partial charge on any atom is 0.298 e. The molecule has 1 unspecified atom stereocenters. The number of piperidine rings is 1. The van der Waals surface area contributed by atoms with Crippen molar-refractivity contribution >= 4 is 17.1 Å². The molecule has 3 rings (SSSR count). The second-order valence-corrected chi connectivity index (χ2v) is 4.82. The van der Waals surface area contributed by atoms with Gasteiger partial charge in [-0.25, -0.2) is 0 Å². The van der Waals surface area contributed by atoms with Crippen LogP contribution in [0.5, 0.6) is 0 Å². The van der Waals surface area contributed by atoms with E-state index in [1.54, 1.807) is 0 Å². The van der Waals surface area contributed by atoms with Crippen LogP contribution in [0.3, 0.4) is 0 Å². The van der Waals surface area contributed by atoms with E-state index in [0.717, 1.165) is 30.5 Å². The van der Waals surface area contributed by atoms with Crippen LogP contribution in [0, 0.1) is 0 Å². The number of aromatic nitrogens is 1. The molecule has 0 spiro atoms. The summed E-state index contributed by atoms with van der Waals surface area (Å²) in [5.41, 5.74) is 1.74. The zero-order valence-electron chi connectivity index (χ0n) is 10.4. The average Bonchev–Trinajstić information content (AvgIpc) is 2.83. The van der Waals surface area contributed by atoms with Crippen molar-refractivity contribution in [1.82, 2.24) is 4.98 Å². The molecule has 2 aromatic rings. The Bertz CT molecular complexity index is 488. The minimum absolute atomic E-state index is 0.224. The summed E-state index contributed by atoms with van der Waals surface area (Å²) < 4.78 is 5.82. The molecule has 0 aliphatic carbocycles. The Balaban J connectivity index is 1.91. The molecule has 1 aromatic carbocycles. The van der Waals surface area contributed by atoms with Gasteiger partial charge in [0.15, 0.2) is 5.58 Å². The molecule has 4 nitrogen and oxygen atoms in total. The molecule has 0 saturated carbocycles. The summed E-state index contributed by atoms with van der Waals surface area (Å²) in [6, 6.07) is 8.89. The molecule has 1 atom stereocenters. The van der Waals surface area contributed by atoms with Crippen LogP contribution in [-0.2, 0) is 0 Å². The first kappa shape index (κ1) is 11.5. The maximum absolute atomic E-state index is 9.15. The van der Waals surface area contributed by atoms with E-state index in [0.29, 0.717) is 12.1 Å². The number of rotatable bonds is 3. The Labute approximate surface area is 106 Å². The number of fused-ring (bicyclic) bond motifs is 1. The fourth-order valence-electron chi connectivity index (χ4n) is 2.68. The first-order valence-electron chi connectivity index (χ1n) is 6.61. The van der Waals surface area contributed by atoms with Crippen molar-refractivity contribution in [2.45, 2.75) is 31.7 Å². The van der Waals surface area contributed by atoms with Gasteiger partial charge < -0.3 is 14.4 Å². The van der Waals surface area contributed by atoms with Crippen molar-refractivity contribution in [2.75, 3.05) is 18.1 Å². The Morgan fingerprint density at radius 1 is 1.33 bits per heavy atom. The van der Waals surface area contributed by atoms with Crippen LogP contribution in [0.25, 0.3) is 11.1 Å². The standard InChI is InChI=1S/C14H18N2O2/c17-10-8-11-5-3-4-9-16(11)14-15-12-6-1-2-7-13(12)18-14/h1-2,6-7,11,17H,3-5,8-10H2. The monoisotopic (exact) mass is 246 g/mol. The number of aliphatic hydroxyl groups excluding tert-OH is 1. The molecule has 1 fully saturated rings. The van der Waals surface area contributed by atoms with E-state index in [1.165, 1.54) is 12.8 Å². The zero-order valence-corrected chi connectivity index (χ0v) is 10.4. The van der Waals surface area contributed by atoms with E-state index in [2.05, 4.69) is 9.88 Å². The van der Waals surface area contributed by atoms with Gasteiger partial charge in [-0.2, -0.15) is 4.98 Å². The zero-order chi connectivity index (χ0) is 12.4. The Morgan fingerprint density at radius 3 is 3.06 bits per heavy atom. The van der Waals surface area contributed by atoms with Crippen LogP contribution >= 0.6 is 0 Å². The third kappa shape index (κ3) is 2.08. The molecule has 0 bridgehead atoms.